The van der Waals surface area contributed by atoms with Crippen molar-refractivity contribution in [2.45, 2.75) is 63.0 Å². The number of benzene rings is 1. The summed E-state index contributed by atoms with van der Waals surface area (Å²) in [6.45, 7) is 2.94. The molecule has 1 aliphatic rings. The molecule has 4 nitrogen and oxygen atoms in total. The van der Waals surface area contributed by atoms with Gasteiger partial charge >= 0.3 is 0 Å². The van der Waals surface area contributed by atoms with Crippen molar-refractivity contribution in [3.8, 4) is 0 Å². The van der Waals surface area contributed by atoms with Gasteiger partial charge in [0, 0.05) is 11.1 Å². The zero-order chi connectivity index (χ0) is 15.7. The highest BCUT2D eigenvalue weighted by atomic mass is 32.2. The molecule has 118 valence electrons. The van der Waals surface area contributed by atoms with Crippen molar-refractivity contribution in [2.24, 2.45) is 0 Å². The first-order chi connectivity index (χ1) is 9.77. The first kappa shape index (κ1) is 16.4. The van der Waals surface area contributed by atoms with E-state index in [0.717, 1.165) is 38.2 Å². The Bertz CT molecular complexity index is 622. The highest BCUT2D eigenvalue weighted by Gasteiger charge is 2.33. The van der Waals surface area contributed by atoms with Gasteiger partial charge in [-0.3, -0.25) is 0 Å². The summed E-state index contributed by atoms with van der Waals surface area (Å²) in [4.78, 5) is -0.0849. The largest absolute Gasteiger partial charge is 0.392 e. The van der Waals surface area contributed by atoms with Crippen LogP contribution in [0.25, 0.3) is 0 Å². The third-order valence-electron chi connectivity index (χ3n) is 4.17. The van der Waals surface area contributed by atoms with Gasteiger partial charge in [-0.1, -0.05) is 19.3 Å². The van der Waals surface area contributed by atoms with Crippen LogP contribution in [0, 0.1) is 12.7 Å². The summed E-state index contributed by atoms with van der Waals surface area (Å²) in [5.41, 5.74) is -0.138. The van der Waals surface area contributed by atoms with Crippen molar-refractivity contribution in [3.63, 3.8) is 0 Å². The Labute approximate surface area is 125 Å². The van der Waals surface area contributed by atoms with Crippen molar-refractivity contribution < 1.29 is 17.9 Å². The van der Waals surface area contributed by atoms with Gasteiger partial charge in [0.15, 0.2) is 0 Å². The van der Waals surface area contributed by atoms with Crippen molar-refractivity contribution in [2.75, 3.05) is 0 Å². The highest BCUT2D eigenvalue weighted by molar-refractivity contribution is 7.89. The number of aliphatic hydroxyl groups excluding tert-OH is 1. The van der Waals surface area contributed by atoms with Gasteiger partial charge in [-0.2, -0.15) is 0 Å². The SMILES string of the molecule is Cc1c(F)cc(CO)cc1S(=O)(=O)NC1(C)CCCCC1. The van der Waals surface area contributed by atoms with E-state index in [9.17, 15) is 12.8 Å². The minimum atomic E-state index is -3.81. The first-order valence-electron chi connectivity index (χ1n) is 7.21. The van der Waals surface area contributed by atoms with Crippen molar-refractivity contribution in [3.05, 3.63) is 29.1 Å². The maximum atomic E-state index is 13.8. The normalized spacial score (nSPS) is 18.7. The van der Waals surface area contributed by atoms with Crippen LogP contribution in [0.2, 0.25) is 0 Å². The molecule has 1 aromatic carbocycles. The maximum Gasteiger partial charge on any atom is 0.241 e. The summed E-state index contributed by atoms with van der Waals surface area (Å²) < 4.78 is 41.7. The lowest BCUT2D eigenvalue weighted by atomic mass is 9.84. The molecule has 0 radical (unpaired) electrons. The van der Waals surface area contributed by atoms with E-state index in [1.165, 1.54) is 13.0 Å². The minimum Gasteiger partial charge on any atom is -0.392 e. The standard InChI is InChI=1S/C15H22FNO3S/c1-11-13(16)8-12(10-18)9-14(11)21(19,20)17-15(2)6-4-3-5-7-15/h8-9,17-18H,3-7,10H2,1-2H3. The molecule has 1 saturated carbocycles. The Hall–Kier alpha value is -0.980. The Morgan fingerprint density at radius 1 is 1.29 bits per heavy atom. The van der Waals surface area contributed by atoms with E-state index in [1.807, 2.05) is 6.92 Å². The molecule has 0 aliphatic heterocycles. The smallest absolute Gasteiger partial charge is 0.241 e. The molecule has 0 bridgehead atoms. The molecule has 0 amide bonds. The summed E-state index contributed by atoms with van der Waals surface area (Å²) in [6, 6.07) is 2.50. The average Bonchev–Trinajstić information content (AvgIpc) is 2.41. The topological polar surface area (TPSA) is 66.4 Å². The predicted octanol–water partition coefficient (Wildman–Crippen LogP) is 2.63. The second-order valence-electron chi connectivity index (χ2n) is 6.09. The predicted molar refractivity (Wildman–Crippen MR) is 78.9 cm³/mol. The van der Waals surface area contributed by atoms with Gasteiger partial charge in [0.25, 0.3) is 0 Å². The molecular formula is C15H22FNO3S. The summed E-state index contributed by atoms with van der Waals surface area (Å²) in [6.07, 6.45) is 4.66. The molecule has 0 unspecified atom stereocenters. The van der Waals surface area contributed by atoms with Crippen LogP contribution >= 0.6 is 0 Å². The molecule has 1 aromatic rings. The van der Waals surface area contributed by atoms with E-state index in [2.05, 4.69) is 4.72 Å². The molecule has 1 fully saturated rings. The van der Waals surface area contributed by atoms with Crippen LogP contribution in [0.4, 0.5) is 4.39 Å². The first-order valence-corrected chi connectivity index (χ1v) is 8.70. The molecule has 21 heavy (non-hydrogen) atoms. The van der Waals surface area contributed by atoms with Crippen LogP contribution < -0.4 is 4.72 Å². The monoisotopic (exact) mass is 315 g/mol. The molecule has 0 saturated heterocycles. The molecule has 6 heteroatoms. The van der Waals surface area contributed by atoms with E-state index in [4.69, 9.17) is 5.11 Å². The lowest BCUT2D eigenvalue weighted by molar-refractivity contribution is 0.280. The Kier molecular flexibility index (Phi) is 4.70. The lowest BCUT2D eigenvalue weighted by Gasteiger charge is -2.34. The number of aliphatic hydroxyl groups is 1. The van der Waals surface area contributed by atoms with Crippen LogP contribution in [-0.2, 0) is 16.6 Å². The molecule has 0 atom stereocenters. The third kappa shape index (κ3) is 3.62. The number of hydrogen-bond donors (Lipinski definition) is 2. The van der Waals surface area contributed by atoms with Gasteiger partial charge < -0.3 is 5.11 Å². The fraction of sp³-hybridized carbons (Fsp3) is 0.600. The quantitative estimate of drug-likeness (QED) is 0.897. The van der Waals surface area contributed by atoms with E-state index < -0.39 is 28.0 Å². The van der Waals surface area contributed by atoms with Gasteiger partial charge in [0.05, 0.1) is 11.5 Å². The van der Waals surface area contributed by atoms with Crippen LogP contribution in [0.15, 0.2) is 17.0 Å². The summed E-state index contributed by atoms with van der Waals surface area (Å²) in [7, 11) is -3.81. The van der Waals surface area contributed by atoms with Crippen molar-refractivity contribution in [1.82, 2.24) is 4.72 Å². The average molecular weight is 315 g/mol. The van der Waals surface area contributed by atoms with Gasteiger partial charge in [0.2, 0.25) is 10.0 Å². The molecule has 0 heterocycles. The van der Waals surface area contributed by atoms with Gasteiger partial charge in [-0.15, -0.1) is 0 Å². The maximum absolute atomic E-state index is 13.8. The molecule has 0 aromatic heterocycles. The van der Waals surface area contributed by atoms with Gasteiger partial charge in [-0.05, 0) is 44.4 Å². The zero-order valence-electron chi connectivity index (χ0n) is 12.4. The number of halogens is 1. The number of nitrogens with one attached hydrogen (secondary N) is 1. The second kappa shape index (κ2) is 6.02. The summed E-state index contributed by atoms with van der Waals surface area (Å²) in [5.74, 6) is -0.615. The third-order valence-corrected chi connectivity index (χ3v) is 5.93. The summed E-state index contributed by atoms with van der Waals surface area (Å²) in [5, 5.41) is 9.13. The van der Waals surface area contributed by atoms with E-state index in [0.29, 0.717) is 0 Å². The molecule has 0 spiro atoms. The Morgan fingerprint density at radius 2 is 1.90 bits per heavy atom. The Balaban J connectivity index is 2.37. The van der Waals surface area contributed by atoms with Crippen molar-refractivity contribution >= 4 is 10.0 Å². The van der Waals surface area contributed by atoms with Crippen LogP contribution in [0.3, 0.4) is 0 Å². The number of rotatable bonds is 4. The van der Waals surface area contributed by atoms with Crippen LogP contribution in [-0.4, -0.2) is 19.1 Å². The van der Waals surface area contributed by atoms with E-state index in [-0.39, 0.29) is 16.0 Å². The molecule has 2 rings (SSSR count). The number of sulfonamides is 1. The van der Waals surface area contributed by atoms with Crippen molar-refractivity contribution in [1.29, 1.82) is 0 Å². The lowest BCUT2D eigenvalue weighted by Crippen LogP contribution is -2.47. The zero-order valence-corrected chi connectivity index (χ0v) is 13.3. The molecule has 1 aliphatic carbocycles. The highest BCUT2D eigenvalue weighted by Crippen LogP contribution is 2.30. The minimum absolute atomic E-state index is 0.0825. The Morgan fingerprint density at radius 3 is 2.48 bits per heavy atom. The molecule has 2 N–H and O–H groups in total. The number of hydrogen-bond acceptors (Lipinski definition) is 3. The van der Waals surface area contributed by atoms with Gasteiger partial charge in [-0.25, -0.2) is 17.5 Å². The van der Waals surface area contributed by atoms with Crippen LogP contribution in [0.1, 0.15) is 50.2 Å². The second-order valence-corrected chi connectivity index (χ2v) is 7.74. The summed E-state index contributed by atoms with van der Waals surface area (Å²) >= 11 is 0. The van der Waals surface area contributed by atoms with Gasteiger partial charge in [0.1, 0.15) is 5.82 Å². The fourth-order valence-electron chi connectivity index (χ4n) is 2.89. The van der Waals surface area contributed by atoms with E-state index >= 15 is 0 Å². The van der Waals surface area contributed by atoms with E-state index in [1.54, 1.807) is 0 Å². The molecular weight excluding hydrogens is 293 g/mol. The van der Waals surface area contributed by atoms with Crippen LogP contribution in [0.5, 0.6) is 0 Å². The fourth-order valence-corrected chi connectivity index (χ4v) is 4.66.